The van der Waals surface area contributed by atoms with E-state index in [0.717, 1.165) is 12.5 Å². The molecule has 0 spiro atoms. The highest BCUT2D eigenvalue weighted by atomic mass is 32.2. The summed E-state index contributed by atoms with van der Waals surface area (Å²) in [5.74, 6) is 2.07. The number of hydrogen-bond donors (Lipinski definition) is 1. The zero-order valence-electron chi connectivity index (χ0n) is 12.2. The lowest BCUT2D eigenvalue weighted by Crippen LogP contribution is -2.46. The molecule has 0 bridgehead atoms. The number of nitrogens with zero attached hydrogens (tertiary/aromatic N) is 1. The smallest absolute Gasteiger partial charge is 0.156 e. The van der Waals surface area contributed by atoms with Crippen molar-refractivity contribution in [3.63, 3.8) is 0 Å². The lowest BCUT2D eigenvalue weighted by atomic mass is 9.85. The normalized spacial score (nSPS) is 29.3. The molecule has 2 nitrogen and oxygen atoms in total. The molecule has 2 fully saturated rings. The van der Waals surface area contributed by atoms with Crippen molar-refractivity contribution in [1.82, 2.24) is 5.32 Å². The Morgan fingerprint density at radius 3 is 2.56 bits per heavy atom. The molecule has 0 amide bonds. The number of hydrogen-bond acceptors (Lipinski definition) is 2. The number of rotatable bonds is 2. The molecular formula is C15H28N2S. The zero-order valence-corrected chi connectivity index (χ0v) is 13.0. The van der Waals surface area contributed by atoms with E-state index in [1.54, 1.807) is 0 Å². The van der Waals surface area contributed by atoms with E-state index in [1.807, 2.05) is 11.8 Å². The largest absolute Gasteiger partial charge is 0.362 e. The molecule has 1 aliphatic carbocycles. The van der Waals surface area contributed by atoms with Crippen LogP contribution in [0.15, 0.2) is 4.99 Å². The summed E-state index contributed by atoms with van der Waals surface area (Å²) in [5, 5.41) is 4.85. The van der Waals surface area contributed by atoms with Crippen molar-refractivity contribution in [2.24, 2.45) is 16.3 Å². The van der Waals surface area contributed by atoms with Gasteiger partial charge in [0.25, 0.3) is 0 Å². The molecule has 2 aliphatic rings. The molecule has 0 aromatic heterocycles. The maximum absolute atomic E-state index is 4.84. The van der Waals surface area contributed by atoms with Crippen molar-refractivity contribution in [2.45, 2.75) is 65.3 Å². The van der Waals surface area contributed by atoms with Gasteiger partial charge in [0.15, 0.2) is 5.17 Å². The van der Waals surface area contributed by atoms with Crippen LogP contribution in [0.5, 0.6) is 0 Å². The van der Waals surface area contributed by atoms with Gasteiger partial charge in [0.05, 0.1) is 0 Å². The molecule has 18 heavy (non-hydrogen) atoms. The fourth-order valence-electron chi connectivity index (χ4n) is 2.86. The van der Waals surface area contributed by atoms with Gasteiger partial charge in [0.1, 0.15) is 0 Å². The van der Waals surface area contributed by atoms with Crippen LogP contribution in [0.1, 0.15) is 59.3 Å². The molecule has 0 aromatic carbocycles. The molecule has 0 aromatic rings. The first-order valence-corrected chi connectivity index (χ1v) is 8.48. The van der Waals surface area contributed by atoms with E-state index in [1.165, 1.54) is 49.4 Å². The molecule has 0 radical (unpaired) electrons. The molecule has 1 saturated carbocycles. The minimum atomic E-state index is 0.340. The van der Waals surface area contributed by atoms with Crippen LogP contribution in [0.3, 0.4) is 0 Å². The quantitative estimate of drug-likeness (QED) is 0.816. The summed E-state index contributed by atoms with van der Waals surface area (Å²) >= 11 is 1.91. The lowest BCUT2D eigenvalue weighted by molar-refractivity contribution is 0.289. The van der Waals surface area contributed by atoms with E-state index in [0.29, 0.717) is 11.5 Å². The van der Waals surface area contributed by atoms with Crippen molar-refractivity contribution in [2.75, 3.05) is 12.3 Å². The Morgan fingerprint density at radius 2 is 1.89 bits per heavy atom. The summed E-state index contributed by atoms with van der Waals surface area (Å²) in [5.41, 5.74) is 0.340. The van der Waals surface area contributed by atoms with Crippen molar-refractivity contribution in [1.29, 1.82) is 0 Å². The van der Waals surface area contributed by atoms with Gasteiger partial charge in [-0.05, 0) is 30.6 Å². The van der Waals surface area contributed by atoms with E-state index in [4.69, 9.17) is 4.99 Å². The minimum Gasteiger partial charge on any atom is -0.362 e. The second-order valence-electron chi connectivity index (χ2n) is 6.85. The van der Waals surface area contributed by atoms with Crippen molar-refractivity contribution in [3.05, 3.63) is 0 Å². The van der Waals surface area contributed by atoms with Crippen LogP contribution in [0.2, 0.25) is 0 Å². The highest BCUT2D eigenvalue weighted by Crippen LogP contribution is 2.28. The molecule has 1 atom stereocenters. The van der Waals surface area contributed by atoms with Gasteiger partial charge in [0, 0.05) is 18.3 Å². The molecule has 1 N–H and O–H groups in total. The summed E-state index contributed by atoms with van der Waals surface area (Å²) in [6, 6.07) is 0.587. The summed E-state index contributed by atoms with van der Waals surface area (Å²) in [4.78, 5) is 4.84. The zero-order chi connectivity index (χ0) is 13.0. The lowest BCUT2D eigenvalue weighted by Gasteiger charge is -2.35. The molecule has 1 unspecified atom stereocenters. The SMILES string of the molecule is CC(C)(C)C1CCSC(=NCC2CCCCC2)N1. The molecule has 1 saturated heterocycles. The number of nitrogens with one attached hydrogen (secondary N) is 1. The third-order valence-electron chi connectivity index (χ3n) is 4.21. The Balaban J connectivity index is 1.84. The van der Waals surface area contributed by atoms with Gasteiger partial charge in [-0.3, -0.25) is 4.99 Å². The fraction of sp³-hybridized carbons (Fsp3) is 0.933. The van der Waals surface area contributed by atoms with E-state index in [9.17, 15) is 0 Å². The van der Waals surface area contributed by atoms with Crippen molar-refractivity contribution in [3.8, 4) is 0 Å². The number of amidine groups is 1. The molecule has 3 heteroatoms. The van der Waals surface area contributed by atoms with Gasteiger partial charge in [-0.1, -0.05) is 51.8 Å². The summed E-state index contributed by atoms with van der Waals surface area (Å²) in [6.45, 7) is 8.00. The van der Waals surface area contributed by atoms with Gasteiger partial charge in [-0.25, -0.2) is 0 Å². The van der Waals surface area contributed by atoms with E-state index in [-0.39, 0.29) is 0 Å². The Morgan fingerprint density at radius 1 is 1.17 bits per heavy atom. The average molecular weight is 268 g/mol. The molecule has 1 aliphatic heterocycles. The maximum Gasteiger partial charge on any atom is 0.156 e. The summed E-state index contributed by atoms with van der Waals surface area (Å²) < 4.78 is 0. The summed E-state index contributed by atoms with van der Waals surface area (Å²) in [6.07, 6.45) is 8.32. The van der Waals surface area contributed by atoms with Gasteiger partial charge in [0.2, 0.25) is 0 Å². The first kappa shape index (κ1) is 14.2. The van der Waals surface area contributed by atoms with Crippen LogP contribution in [-0.2, 0) is 0 Å². The van der Waals surface area contributed by atoms with Gasteiger partial charge in [-0.2, -0.15) is 0 Å². The summed E-state index contributed by atoms with van der Waals surface area (Å²) in [7, 11) is 0. The second-order valence-corrected chi connectivity index (χ2v) is 7.93. The minimum absolute atomic E-state index is 0.340. The number of aliphatic imine (C=N–C) groups is 1. The highest BCUT2D eigenvalue weighted by Gasteiger charge is 2.28. The third kappa shape index (κ3) is 4.18. The molecule has 2 rings (SSSR count). The first-order chi connectivity index (χ1) is 8.55. The van der Waals surface area contributed by atoms with Gasteiger partial charge < -0.3 is 5.32 Å². The van der Waals surface area contributed by atoms with Crippen LogP contribution in [-0.4, -0.2) is 23.5 Å². The number of thioether (sulfide) groups is 1. The topological polar surface area (TPSA) is 24.4 Å². The fourth-order valence-corrected chi connectivity index (χ4v) is 3.80. The van der Waals surface area contributed by atoms with Gasteiger partial charge in [-0.15, -0.1) is 0 Å². The van der Waals surface area contributed by atoms with Crippen LogP contribution >= 0.6 is 11.8 Å². The van der Waals surface area contributed by atoms with Crippen LogP contribution in [0, 0.1) is 11.3 Å². The molecular weight excluding hydrogens is 240 g/mol. The Bertz CT molecular complexity index is 287. The average Bonchev–Trinajstić information content (AvgIpc) is 2.37. The predicted molar refractivity (Wildman–Crippen MR) is 82.3 cm³/mol. The van der Waals surface area contributed by atoms with E-state index >= 15 is 0 Å². The Hall–Kier alpha value is -0.180. The third-order valence-corrected chi connectivity index (χ3v) is 5.17. The Kier molecular flexibility index (Phi) is 4.99. The Labute approximate surface area is 116 Å². The monoisotopic (exact) mass is 268 g/mol. The van der Waals surface area contributed by atoms with Gasteiger partial charge >= 0.3 is 0 Å². The first-order valence-electron chi connectivity index (χ1n) is 7.49. The van der Waals surface area contributed by atoms with Crippen LogP contribution < -0.4 is 5.32 Å². The van der Waals surface area contributed by atoms with E-state index in [2.05, 4.69) is 26.1 Å². The van der Waals surface area contributed by atoms with E-state index < -0.39 is 0 Å². The van der Waals surface area contributed by atoms with Crippen LogP contribution in [0.4, 0.5) is 0 Å². The van der Waals surface area contributed by atoms with Crippen molar-refractivity contribution < 1.29 is 0 Å². The molecule has 104 valence electrons. The van der Waals surface area contributed by atoms with Crippen LogP contribution in [0.25, 0.3) is 0 Å². The molecule has 1 heterocycles. The highest BCUT2D eigenvalue weighted by molar-refractivity contribution is 8.13. The van der Waals surface area contributed by atoms with Crippen molar-refractivity contribution >= 4 is 16.9 Å². The second kappa shape index (κ2) is 6.31. The predicted octanol–water partition coefficient (Wildman–Crippen LogP) is 4.06. The standard InChI is InChI=1S/C15H28N2S/c1-15(2,3)13-9-10-18-14(17-13)16-11-12-7-5-4-6-8-12/h12-13H,4-11H2,1-3H3,(H,16,17). The maximum atomic E-state index is 4.84.